The molecule has 0 saturated carbocycles. The summed E-state index contributed by atoms with van der Waals surface area (Å²) >= 11 is 1.58. The van der Waals surface area contributed by atoms with Gasteiger partial charge in [-0.15, -0.1) is 0 Å². The third-order valence-electron chi connectivity index (χ3n) is 4.06. The lowest BCUT2D eigenvalue weighted by Crippen LogP contribution is -2.31. The zero-order chi connectivity index (χ0) is 22.5. The first-order chi connectivity index (χ1) is 14.4. The summed E-state index contributed by atoms with van der Waals surface area (Å²) in [5.74, 6) is 1.36. The van der Waals surface area contributed by atoms with Crippen LogP contribution in [0.3, 0.4) is 0 Å². The van der Waals surface area contributed by atoms with Crippen molar-refractivity contribution in [1.29, 1.82) is 0 Å². The van der Waals surface area contributed by atoms with Gasteiger partial charge in [0.2, 0.25) is 0 Å². The van der Waals surface area contributed by atoms with E-state index in [0.717, 1.165) is 35.7 Å². The van der Waals surface area contributed by atoms with Gasteiger partial charge in [0, 0.05) is 11.4 Å². The molecular formula is C22H35N7S. The lowest BCUT2D eigenvalue weighted by Gasteiger charge is -2.12. The standard InChI is InChI=1S/C20H29N7S.C2H6/c1-5-6-16-7-9-17(10-8-16)27-28-12-11-23-20(22)26-15(4)18-19(21)25-14(3)13(2)24-18;1-2/h7-10,27H,4-6,11-12H2,1-3H3,(H2,21,25)(H3,22,23,26);1-2H3. The molecule has 0 aliphatic rings. The SMILES string of the molecule is C=C(NC(N)=NCCSNc1ccc(CCC)cc1)c1nc(C)c(C)nc1N.CC. The van der Waals surface area contributed by atoms with Crippen LogP contribution in [0, 0.1) is 13.8 Å². The lowest BCUT2D eigenvalue weighted by atomic mass is 10.1. The predicted molar refractivity (Wildman–Crippen MR) is 132 cm³/mol. The molecule has 7 nitrogen and oxygen atoms in total. The Bertz CT molecular complexity index is 832. The molecule has 0 spiro atoms. The number of rotatable bonds is 9. The van der Waals surface area contributed by atoms with Gasteiger partial charge < -0.3 is 21.5 Å². The van der Waals surface area contributed by atoms with Gasteiger partial charge in [0.1, 0.15) is 5.69 Å². The third kappa shape index (κ3) is 8.32. The topological polar surface area (TPSA) is 114 Å². The van der Waals surface area contributed by atoms with Gasteiger partial charge >= 0.3 is 0 Å². The second-order valence-corrected chi connectivity index (χ2v) is 7.30. The molecule has 0 fully saturated rings. The van der Waals surface area contributed by atoms with Crippen LogP contribution in [0.1, 0.15) is 49.8 Å². The molecule has 0 aliphatic carbocycles. The highest BCUT2D eigenvalue weighted by atomic mass is 32.2. The molecule has 2 aromatic rings. The van der Waals surface area contributed by atoms with Crippen molar-refractivity contribution in [3.8, 4) is 0 Å². The molecule has 1 aromatic carbocycles. The maximum absolute atomic E-state index is 5.93. The molecule has 0 bridgehead atoms. The first-order valence-electron chi connectivity index (χ1n) is 10.2. The maximum atomic E-state index is 5.93. The van der Waals surface area contributed by atoms with E-state index in [4.69, 9.17) is 11.5 Å². The van der Waals surface area contributed by atoms with Crippen LogP contribution in [0.4, 0.5) is 11.5 Å². The smallest absolute Gasteiger partial charge is 0.193 e. The number of benzene rings is 1. The Hall–Kier alpha value is -2.74. The van der Waals surface area contributed by atoms with E-state index in [0.29, 0.717) is 23.8 Å². The fraction of sp³-hybridized carbons (Fsp3) is 0.409. The van der Waals surface area contributed by atoms with E-state index >= 15 is 0 Å². The molecule has 2 rings (SSSR count). The highest BCUT2D eigenvalue weighted by Gasteiger charge is 2.10. The predicted octanol–water partition coefficient (Wildman–Crippen LogP) is 4.29. The Morgan fingerprint density at radius 1 is 1.13 bits per heavy atom. The average molecular weight is 430 g/mol. The van der Waals surface area contributed by atoms with Gasteiger partial charge in [-0.2, -0.15) is 0 Å². The third-order valence-corrected chi connectivity index (χ3v) is 4.82. The monoisotopic (exact) mass is 429 g/mol. The van der Waals surface area contributed by atoms with Gasteiger partial charge in [-0.05, 0) is 38.0 Å². The van der Waals surface area contributed by atoms with Crippen molar-refractivity contribution in [3.63, 3.8) is 0 Å². The quantitative estimate of drug-likeness (QED) is 0.203. The number of nitrogens with one attached hydrogen (secondary N) is 2. The van der Waals surface area contributed by atoms with E-state index in [-0.39, 0.29) is 5.96 Å². The fourth-order valence-electron chi connectivity index (χ4n) is 2.47. The summed E-state index contributed by atoms with van der Waals surface area (Å²) in [5.41, 5.74) is 16.8. The molecule has 0 aliphatic heterocycles. The van der Waals surface area contributed by atoms with Crippen molar-refractivity contribution in [2.24, 2.45) is 10.7 Å². The van der Waals surface area contributed by atoms with Crippen LogP contribution in [0.25, 0.3) is 5.70 Å². The van der Waals surface area contributed by atoms with Crippen molar-refractivity contribution in [2.75, 3.05) is 22.8 Å². The second-order valence-electron chi connectivity index (χ2n) is 6.40. The van der Waals surface area contributed by atoms with Crippen molar-refractivity contribution in [2.45, 2.75) is 47.5 Å². The number of nitrogens with zero attached hydrogens (tertiary/aromatic N) is 3. The summed E-state index contributed by atoms with van der Waals surface area (Å²) in [6.07, 6.45) is 2.27. The molecule has 30 heavy (non-hydrogen) atoms. The first-order valence-corrected chi connectivity index (χ1v) is 11.2. The zero-order valence-electron chi connectivity index (χ0n) is 18.7. The largest absolute Gasteiger partial charge is 0.382 e. The minimum Gasteiger partial charge on any atom is -0.382 e. The number of hydrogen-bond acceptors (Lipinski definition) is 6. The van der Waals surface area contributed by atoms with Crippen LogP contribution >= 0.6 is 11.9 Å². The van der Waals surface area contributed by atoms with Crippen molar-refractivity contribution < 1.29 is 0 Å². The number of aliphatic imine (C=N–C) groups is 1. The number of anilines is 2. The molecule has 164 valence electrons. The number of hydrogen-bond donors (Lipinski definition) is 4. The number of aromatic nitrogens is 2. The Kier molecular flexibility index (Phi) is 11.4. The molecule has 1 aromatic heterocycles. The van der Waals surface area contributed by atoms with E-state index in [9.17, 15) is 0 Å². The Labute approximate surface area is 185 Å². The van der Waals surface area contributed by atoms with Crippen LogP contribution < -0.4 is 21.5 Å². The summed E-state index contributed by atoms with van der Waals surface area (Å²) in [7, 11) is 0. The maximum Gasteiger partial charge on any atom is 0.193 e. The molecule has 0 unspecified atom stereocenters. The summed E-state index contributed by atoms with van der Waals surface area (Å²) < 4.78 is 3.31. The van der Waals surface area contributed by atoms with Gasteiger partial charge in [-0.3, -0.25) is 4.99 Å². The molecule has 0 saturated heterocycles. The number of guanidine groups is 1. The number of aryl methyl sites for hydroxylation is 3. The van der Waals surface area contributed by atoms with Crippen LogP contribution in [-0.2, 0) is 6.42 Å². The molecule has 0 amide bonds. The fourth-order valence-corrected chi connectivity index (χ4v) is 3.06. The van der Waals surface area contributed by atoms with Gasteiger partial charge in [0.25, 0.3) is 0 Å². The summed E-state index contributed by atoms with van der Waals surface area (Å²) in [4.78, 5) is 13.0. The lowest BCUT2D eigenvalue weighted by molar-refractivity contribution is 0.922. The number of nitrogen functional groups attached to an aromatic ring is 1. The van der Waals surface area contributed by atoms with Crippen molar-refractivity contribution in [1.82, 2.24) is 15.3 Å². The van der Waals surface area contributed by atoms with E-state index in [1.165, 1.54) is 5.56 Å². The van der Waals surface area contributed by atoms with Crippen LogP contribution in [0.2, 0.25) is 0 Å². The highest BCUT2D eigenvalue weighted by molar-refractivity contribution is 8.00. The van der Waals surface area contributed by atoms with Crippen molar-refractivity contribution in [3.05, 3.63) is 53.5 Å². The minimum atomic E-state index is 0.272. The normalized spacial score (nSPS) is 10.8. The Morgan fingerprint density at radius 2 is 1.77 bits per heavy atom. The van der Waals surface area contributed by atoms with Crippen molar-refractivity contribution >= 4 is 35.1 Å². The summed E-state index contributed by atoms with van der Waals surface area (Å²) in [5, 5.41) is 2.93. The van der Waals surface area contributed by atoms with E-state index < -0.39 is 0 Å². The zero-order valence-corrected chi connectivity index (χ0v) is 19.6. The van der Waals surface area contributed by atoms with Crippen LogP contribution in [-0.4, -0.2) is 28.2 Å². The number of nitrogens with two attached hydrogens (primary N) is 2. The minimum absolute atomic E-state index is 0.272. The Morgan fingerprint density at radius 3 is 2.40 bits per heavy atom. The van der Waals surface area contributed by atoms with Crippen LogP contribution in [0.5, 0.6) is 0 Å². The van der Waals surface area contributed by atoms with E-state index in [1.807, 2.05) is 27.7 Å². The highest BCUT2D eigenvalue weighted by Crippen LogP contribution is 2.16. The van der Waals surface area contributed by atoms with Gasteiger partial charge in [-0.1, -0.05) is 57.9 Å². The van der Waals surface area contributed by atoms with Crippen LogP contribution in [0.15, 0.2) is 35.8 Å². The van der Waals surface area contributed by atoms with Gasteiger partial charge in [0.05, 0.1) is 23.6 Å². The Balaban J connectivity index is 0.00000218. The summed E-state index contributed by atoms with van der Waals surface area (Å²) in [6, 6.07) is 8.49. The van der Waals surface area contributed by atoms with E-state index in [2.05, 4.69) is 62.8 Å². The summed E-state index contributed by atoms with van der Waals surface area (Å²) in [6.45, 7) is 14.4. The average Bonchev–Trinajstić information content (AvgIpc) is 2.73. The van der Waals surface area contributed by atoms with Gasteiger partial charge in [-0.25, -0.2) is 9.97 Å². The molecule has 0 atom stereocenters. The second kappa shape index (κ2) is 13.5. The first kappa shape index (κ1) is 25.3. The molecule has 1 heterocycles. The van der Waals surface area contributed by atoms with Gasteiger partial charge in [0.15, 0.2) is 11.8 Å². The molecule has 8 heteroatoms. The molecular weight excluding hydrogens is 394 g/mol. The van der Waals surface area contributed by atoms with E-state index in [1.54, 1.807) is 11.9 Å². The molecule has 6 N–H and O–H groups in total. The molecule has 0 radical (unpaired) electrons.